The summed E-state index contributed by atoms with van der Waals surface area (Å²) < 4.78 is 0. The van der Waals surface area contributed by atoms with Gasteiger partial charge in [-0.15, -0.1) is 0 Å². The van der Waals surface area contributed by atoms with Crippen LogP contribution in [0.25, 0.3) is 0 Å². The fourth-order valence-corrected chi connectivity index (χ4v) is 1.73. The van der Waals surface area contributed by atoms with Crippen molar-refractivity contribution in [1.82, 2.24) is 0 Å². The lowest BCUT2D eigenvalue weighted by atomic mass is 10.1. The Balaban J connectivity index is 2.32. The topological polar surface area (TPSA) is 0 Å². The van der Waals surface area contributed by atoms with Gasteiger partial charge in [0.05, 0.1) is 0 Å². The molecule has 0 atom stereocenters. The highest BCUT2D eigenvalue weighted by Crippen LogP contribution is 2.31. The molecular weight excluding hydrogens is 152 g/mol. The summed E-state index contributed by atoms with van der Waals surface area (Å²) in [5.41, 5.74) is 4.20. The van der Waals surface area contributed by atoms with Crippen LogP contribution in [-0.2, 0) is 0 Å². The van der Waals surface area contributed by atoms with Crippen LogP contribution in [-0.4, -0.2) is 5.75 Å². The Morgan fingerprint density at radius 2 is 2.09 bits per heavy atom. The molecule has 0 saturated heterocycles. The van der Waals surface area contributed by atoms with Gasteiger partial charge in [-0.2, -0.15) is 12.6 Å². The first-order valence-corrected chi connectivity index (χ1v) is 4.46. The Hall–Kier alpha value is -0.690. The zero-order valence-corrected chi connectivity index (χ0v) is 7.14. The van der Waals surface area contributed by atoms with Crippen molar-refractivity contribution < 1.29 is 0 Å². The summed E-state index contributed by atoms with van der Waals surface area (Å²) in [5.74, 6) is 0.935. The number of hydrogen-bond donors (Lipinski definition) is 1. The second-order valence-electron chi connectivity index (χ2n) is 2.73. The summed E-state index contributed by atoms with van der Waals surface area (Å²) in [6.07, 6.45) is 11.9. The summed E-state index contributed by atoms with van der Waals surface area (Å²) in [5, 5.41) is 0. The summed E-state index contributed by atoms with van der Waals surface area (Å²) >= 11 is 4.21. The molecule has 0 amide bonds. The van der Waals surface area contributed by atoms with Gasteiger partial charge in [-0.1, -0.05) is 30.4 Å². The Morgan fingerprint density at radius 3 is 2.91 bits per heavy atom. The van der Waals surface area contributed by atoms with Gasteiger partial charge < -0.3 is 0 Å². The lowest BCUT2D eigenvalue weighted by molar-refractivity contribution is 1.17. The molecule has 11 heavy (non-hydrogen) atoms. The lowest BCUT2D eigenvalue weighted by Crippen LogP contribution is -1.82. The van der Waals surface area contributed by atoms with Crippen LogP contribution < -0.4 is 0 Å². The maximum atomic E-state index is 4.21. The maximum Gasteiger partial charge on any atom is -0.00571 e. The van der Waals surface area contributed by atoms with Gasteiger partial charge in [0.2, 0.25) is 0 Å². The van der Waals surface area contributed by atoms with Gasteiger partial charge >= 0.3 is 0 Å². The van der Waals surface area contributed by atoms with Crippen molar-refractivity contribution in [2.75, 3.05) is 5.75 Å². The maximum absolute atomic E-state index is 4.21. The van der Waals surface area contributed by atoms with E-state index in [1.165, 1.54) is 16.7 Å². The number of hydrogen-bond acceptors (Lipinski definition) is 1. The van der Waals surface area contributed by atoms with Gasteiger partial charge in [-0.05, 0) is 28.9 Å². The quantitative estimate of drug-likeness (QED) is 0.593. The zero-order valence-electron chi connectivity index (χ0n) is 6.25. The molecule has 2 aliphatic carbocycles. The Kier molecular flexibility index (Phi) is 1.74. The average molecular weight is 162 g/mol. The van der Waals surface area contributed by atoms with Crippen LogP contribution in [0, 0.1) is 0 Å². The van der Waals surface area contributed by atoms with Crippen molar-refractivity contribution in [3.63, 3.8) is 0 Å². The fourth-order valence-electron chi connectivity index (χ4n) is 1.49. The largest absolute Gasteiger partial charge is 0.179 e. The third-order valence-corrected chi connectivity index (χ3v) is 2.26. The molecule has 2 rings (SSSR count). The molecule has 0 aromatic heterocycles. The molecule has 0 aromatic rings. The molecular formula is C10H10S. The Morgan fingerprint density at radius 1 is 1.18 bits per heavy atom. The predicted octanol–water partition coefficient (Wildman–Crippen LogP) is 2.67. The number of fused-ring (bicyclic) bond motifs is 1. The van der Waals surface area contributed by atoms with E-state index in [4.69, 9.17) is 0 Å². The molecule has 0 spiro atoms. The number of allylic oxidation sites excluding steroid dienone is 8. The molecule has 0 bridgehead atoms. The molecule has 0 unspecified atom stereocenters. The molecule has 56 valence electrons. The van der Waals surface area contributed by atoms with Gasteiger partial charge in [0.1, 0.15) is 0 Å². The van der Waals surface area contributed by atoms with Crippen LogP contribution in [0.15, 0.2) is 47.1 Å². The van der Waals surface area contributed by atoms with Gasteiger partial charge in [-0.25, -0.2) is 0 Å². The molecule has 0 fully saturated rings. The standard InChI is InChI=1S/C10H10S/c11-7-6-9-5-4-8-2-1-3-10(8)9/h1-5,11H,6-7H2. The minimum atomic E-state index is 0.935. The molecule has 0 nitrogen and oxygen atoms in total. The smallest absolute Gasteiger partial charge is 0.00571 e. The first kappa shape index (κ1) is 6.99. The molecule has 0 radical (unpaired) electrons. The molecule has 0 N–H and O–H groups in total. The van der Waals surface area contributed by atoms with Crippen LogP contribution >= 0.6 is 12.6 Å². The highest BCUT2D eigenvalue weighted by molar-refractivity contribution is 7.80. The van der Waals surface area contributed by atoms with Gasteiger partial charge in [0.15, 0.2) is 0 Å². The van der Waals surface area contributed by atoms with Crippen molar-refractivity contribution in [1.29, 1.82) is 0 Å². The van der Waals surface area contributed by atoms with Crippen LogP contribution in [0.4, 0.5) is 0 Å². The summed E-state index contributed by atoms with van der Waals surface area (Å²) in [4.78, 5) is 0. The number of rotatable bonds is 2. The first-order valence-electron chi connectivity index (χ1n) is 3.82. The van der Waals surface area contributed by atoms with E-state index in [1.54, 1.807) is 0 Å². The second kappa shape index (κ2) is 2.74. The molecule has 0 aromatic carbocycles. The van der Waals surface area contributed by atoms with Gasteiger partial charge in [-0.3, -0.25) is 0 Å². The first-order chi connectivity index (χ1) is 5.42. The SMILES string of the molecule is SCCC1=C2C=CC=C2C=C1. The molecule has 2 aliphatic rings. The van der Waals surface area contributed by atoms with Crippen LogP contribution in [0.3, 0.4) is 0 Å². The molecule has 0 aliphatic heterocycles. The van der Waals surface area contributed by atoms with E-state index in [1.807, 2.05) is 0 Å². The second-order valence-corrected chi connectivity index (χ2v) is 3.17. The van der Waals surface area contributed by atoms with E-state index in [-0.39, 0.29) is 0 Å². The third-order valence-electron chi connectivity index (χ3n) is 2.04. The van der Waals surface area contributed by atoms with E-state index in [2.05, 4.69) is 43.0 Å². The van der Waals surface area contributed by atoms with E-state index in [0.29, 0.717) is 0 Å². The normalized spacial score (nSPS) is 19.5. The van der Waals surface area contributed by atoms with Gasteiger partial charge in [0.25, 0.3) is 0 Å². The molecule has 1 heteroatoms. The van der Waals surface area contributed by atoms with Crippen LogP contribution in [0.2, 0.25) is 0 Å². The summed E-state index contributed by atoms with van der Waals surface area (Å²) in [7, 11) is 0. The van der Waals surface area contributed by atoms with Crippen molar-refractivity contribution in [3.05, 3.63) is 47.1 Å². The zero-order chi connectivity index (χ0) is 7.68. The molecule has 0 saturated carbocycles. The van der Waals surface area contributed by atoms with Crippen molar-refractivity contribution in [2.45, 2.75) is 6.42 Å². The lowest BCUT2D eigenvalue weighted by Gasteiger charge is -1.98. The van der Waals surface area contributed by atoms with Crippen LogP contribution in [0.1, 0.15) is 6.42 Å². The highest BCUT2D eigenvalue weighted by atomic mass is 32.1. The Bertz CT molecular complexity index is 290. The third kappa shape index (κ3) is 1.10. The highest BCUT2D eigenvalue weighted by Gasteiger charge is 2.12. The fraction of sp³-hybridized carbons (Fsp3) is 0.200. The van der Waals surface area contributed by atoms with Crippen LogP contribution in [0.5, 0.6) is 0 Å². The van der Waals surface area contributed by atoms with E-state index < -0.39 is 0 Å². The monoisotopic (exact) mass is 162 g/mol. The van der Waals surface area contributed by atoms with E-state index in [9.17, 15) is 0 Å². The van der Waals surface area contributed by atoms with E-state index >= 15 is 0 Å². The minimum absolute atomic E-state index is 0.935. The summed E-state index contributed by atoms with van der Waals surface area (Å²) in [6.45, 7) is 0. The summed E-state index contributed by atoms with van der Waals surface area (Å²) in [6, 6.07) is 0. The van der Waals surface area contributed by atoms with Crippen molar-refractivity contribution in [3.8, 4) is 0 Å². The van der Waals surface area contributed by atoms with Crippen molar-refractivity contribution >= 4 is 12.6 Å². The predicted molar refractivity (Wildman–Crippen MR) is 51.9 cm³/mol. The van der Waals surface area contributed by atoms with E-state index in [0.717, 1.165) is 12.2 Å². The Labute approximate surface area is 72.4 Å². The molecule has 0 heterocycles. The minimum Gasteiger partial charge on any atom is -0.179 e. The van der Waals surface area contributed by atoms with Crippen molar-refractivity contribution in [2.24, 2.45) is 0 Å². The average Bonchev–Trinajstić information content (AvgIpc) is 2.53. The number of thiol groups is 1. The van der Waals surface area contributed by atoms with Gasteiger partial charge in [0, 0.05) is 0 Å².